The van der Waals surface area contributed by atoms with E-state index in [0.29, 0.717) is 0 Å². The molecule has 1 aromatic heterocycles. The van der Waals surface area contributed by atoms with E-state index in [9.17, 15) is 0 Å². The molecular formula is C13H16BrN3O. The summed E-state index contributed by atoms with van der Waals surface area (Å²) in [6.45, 7) is 4.07. The van der Waals surface area contributed by atoms with Gasteiger partial charge in [0.05, 0.1) is 12.8 Å². The van der Waals surface area contributed by atoms with Gasteiger partial charge in [0.15, 0.2) is 0 Å². The molecule has 0 atom stereocenters. The van der Waals surface area contributed by atoms with Crippen molar-refractivity contribution in [3.05, 3.63) is 27.9 Å². The first-order valence-corrected chi connectivity index (χ1v) is 6.55. The molecule has 0 aliphatic carbocycles. The highest BCUT2D eigenvalue weighted by Crippen LogP contribution is 2.37. The average Bonchev–Trinajstić information content (AvgIpc) is 2.37. The van der Waals surface area contributed by atoms with E-state index >= 15 is 0 Å². The number of aryl methyl sites for hydroxylation is 1. The van der Waals surface area contributed by atoms with Crippen molar-refractivity contribution in [2.45, 2.75) is 20.3 Å². The lowest BCUT2D eigenvalue weighted by Crippen LogP contribution is -2.12. The maximum Gasteiger partial charge on any atom is 0.145 e. The number of hydrazine groups is 1. The second kappa shape index (κ2) is 5.12. The molecule has 3 N–H and O–H groups in total. The van der Waals surface area contributed by atoms with Gasteiger partial charge < -0.3 is 10.2 Å². The van der Waals surface area contributed by atoms with Crippen LogP contribution in [0.1, 0.15) is 18.2 Å². The second-order valence-corrected chi connectivity index (χ2v) is 4.88. The summed E-state index contributed by atoms with van der Waals surface area (Å²) in [6, 6.07) is 3.84. The Hall–Kier alpha value is -1.33. The van der Waals surface area contributed by atoms with Gasteiger partial charge in [-0.25, -0.2) is 4.98 Å². The number of nitrogen functional groups attached to an aromatic ring is 1. The third kappa shape index (κ3) is 1.93. The molecule has 0 aliphatic heterocycles. The van der Waals surface area contributed by atoms with E-state index in [1.54, 1.807) is 7.11 Å². The summed E-state index contributed by atoms with van der Waals surface area (Å²) in [5, 5.41) is 0.958. The number of rotatable bonds is 3. The van der Waals surface area contributed by atoms with E-state index in [4.69, 9.17) is 10.6 Å². The quantitative estimate of drug-likeness (QED) is 0.675. The molecular weight excluding hydrogens is 294 g/mol. The van der Waals surface area contributed by atoms with Crippen LogP contribution in [0, 0.1) is 6.92 Å². The topological polar surface area (TPSA) is 60.2 Å². The highest BCUT2D eigenvalue weighted by molar-refractivity contribution is 9.10. The van der Waals surface area contributed by atoms with Gasteiger partial charge in [-0.05, 0) is 31.0 Å². The van der Waals surface area contributed by atoms with E-state index in [1.165, 1.54) is 0 Å². The van der Waals surface area contributed by atoms with Crippen LogP contribution in [-0.2, 0) is 6.42 Å². The van der Waals surface area contributed by atoms with Gasteiger partial charge in [-0.2, -0.15) is 0 Å². The van der Waals surface area contributed by atoms with Gasteiger partial charge in [0.25, 0.3) is 0 Å². The van der Waals surface area contributed by atoms with E-state index in [0.717, 1.165) is 44.5 Å². The van der Waals surface area contributed by atoms with Gasteiger partial charge in [-0.15, -0.1) is 0 Å². The number of nitrogens with one attached hydrogen (secondary N) is 1. The SMILES string of the molecule is CCc1c(C)nc2c(OC)ccc(Br)c2c1NN. The lowest BCUT2D eigenvalue weighted by Gasteiger charge is -2.16. The number of anilines is 1. The summed E-state index contributed by atoms with van der Waals surface area (Å²) in [4.78, 5) is 4.64. The van der Waals surface area contributed by atoms with E-state index in [-0.39, 0.29) is 0 Å². The van der Waals surface area contributed by atoms with E-state index in [2.05, 4.69) is 33.3 Å². The number of hydrogen-bond donors (Lipinski definition) is 2. The van der Waals surface area contributed by atoms with Gasteiger partial charge in [-0.1, -0.05) is 22.9 Å². The zero-order valence-corrected chi connectivity index (χ0v) is 12.3. The van der Waals surface area contributed by atoms with Gasteiger partial charge >= 0.3 is 0 Å². The molecule has 0 bridgehead atoms. The number of nitrogens with zero attached hydrogens (tertiary/aromatic N) is 1. The fourth-order valence-electron chi connectivity index (χ4n) is 2.22. The molecule has 4 nitrogen and oxygen atoms in total. The highest BCUT2D eigenvalue weighted by Gasteiger charge is 2.16. The second-order valence-electron chi connectivity index (χ2n) is 4.02. The van der Waals surface area contributed by atoms with Crippen LogP contribution in [0.5, 0.6) is 5.75 Å². The monoisotopic (exact) mass is 309 g/mol. The van der Waals surface area contributed by atoms with Crippen LogP contribution in [0.25, 0.3) is 10.9 Å². The Balaban J connectivity index is 2.96. The molecule has 0 amide bonds. The number of hydrogen-bond acceptors (Lipinski definition) is 4. The minimum absolute atomic E-state index is 0.746. The summed E-state index contributed by atoms with van der Waals surface area (Å²) >= 11 is 3.55. The largest absolute Gasteiger partial charge is 0.494 e. The third-order valence-corrected chi connectivity index (χ3v) is 3.74. The number of benzene rings is 1. The van der Waals surface area contributed by atoms with Crippen LogP contribution >= 0.6 is 15.9 Å². The maximum absolute atomic E-state index is 5.68. The molecule has 1 heterocycles. The molecule has 0 saturated heterocycles. The van der Waals surface area contributed by atoms with Crippen molar-refractivity contribution in [3.63, 3.8) is 0 Å². The van der Waals surface area contributed by atoms with Gasteiger partial charge in [-0.3, -0.25) is 5.84 Å². The Morgan fingerprint density at radius 1 is 1.44 bits per heavy atom. The molecule has 0 unspecified atom stereocenters. The van der Waals surface area contributed by atoms with Gasteiger partial charge in [0.2, 0.25) is 0 Å². The minimum atomic E-state index is 0.746. The zero-order chi connectivity index (χ0) is 13.3. The Morgan fingerprint density at radius 3 is 2.72 bits per heavy atom. The van der Waals surface area contributed by atoms with Crippen molar-refractivity contribution in [2.75, 3.05) is 12.5 Å². The molecule has 96 valence electrons. The number of nitrogens with two attached hydrogens (primary N) is 1. The lowest BCUT2D eigenvalue weighted by molar-refractivity contribution is 0.419. The normalized spacial score (nSPS) is 10.7. The van der Waals surface area contributed by atoms with Crippen molar-refractivity contribution in [1.29, 1.82) is 0 Å². The summed E-state index contributed by atoms with van der Waals surface area (Å²) in [5.41, 5.74) is 6.61. The van der Waals surface area contributed by atoms with E-state index < -0.39 is 0 Å². The molecule has 0 fully saturated rings. The first kappa shape index (κ1) is 13.1. The number of methoxy groups -OCH3 is 1. The lowest BCUT2D eigenvalue weighted by atomic mass is 10.0. The van der Waals surface area contributed by atoms with Crippen LogP contribution in [0.4, 0.5) is 5.69 Å². The smallest absolute Gasteiger partial charge is 0.145 e. The number of ether oxygens (including phenoxy) is 1. The van der Waals surface area contributed by atoms with Crippen molar-refractivity contribution in [1.82, 2.24) is 4.98 Å². The predicted molar refractivity (Wildman–Crippen MR) is 77.9 cm³/mol. The average molecular weight is 310 g/mol. The first-order valence-electron chi connectivity index (χ1n) is 5.76. The zero-order valence-electron chi connectivity index (χ0n) is 10.7. The van der Waals surface area contributed by atoms with Crippen LogP contribution in [0.2, 0.25) is 0 Å². The van der Waals surface area contributed by atoms with Crippen molar-refractivity contribution in [2.24, 2.45) is 5.84 Å². The fraction of sp³-hybridized carbons (Fsp3) is 0.308. The van der Waals surface area contributed by atoms with Crippen LogP contribution in [-0.4, -0.2) is 12.1 Å². The van der Waals surface area contributed by atoms with Crippen molar-refractivity contribution in [3.8, 4) is 5.75 Å². The van der Waals surface area contributed by atoms with Crippen LogP contribution in [0.15, 0.2) is 16.6 Å². The highest BCUT2D eigenvalue weighted by atomic mass is 79.9. The molecule has 0 saturated carbocycles. The Labute approximate surface area is 115 Å². The summed E-state index contributed by atoms with van der Waals surface area (Å²) < 4.78 is 6.31. The van der Waals surface area contributed by atoms with Crippen LogP contribution < -0.4 is 16.0 Å². The molecule has 2 rings (SSSR count). The van der Waals surface area contributed by atoms with Crippen molar-refractivity contribution < 1.29 is 4.74 Å². The summed E-state index contributed by atoms with van der Waals surface area (Å²) in [6.07, 6.45) is 0.873. The molecule has 0 spiro atoms. The molecule has 2 aromatic rings. The predicted octanol–water partition coefficient (Wildman–Crippen LogP) is 3.16. The number of aromatic nitrogens is 1. The molecule has 18 heavy (non-hydrogen) atoms. The number of fused-ring (bicyclic) bond motifs is 1. The van der Waals surface area contributed by atoms with Gasteiger partial charge in [0, 0.05) is 15.6 Å². The number of halogens is 1. The maximum atomic E-state index is 5.68. The van der Waals surface area contributed by atoms with Crippen molar-refractivity contribution >= 4 is 32.5 Å². The van der Waals surface area contributed by atoms with E-state index in [1.807, 2.05) is 19.1 Å². The first-order chi connectivity index (χ1) is 8.63. The molecule has 1 aromatic carbocycles. The third-order valence-electron chi connectivity index (χ3n) is 3.08. The van der Waals surface area contributed by atoms with Gasteiger partial charge in [0.1, 0.15) is 11.3 Å². The minimum Gasteiger partial charge on any atom is -0.494 e. The summed E-state index contributed by atoms with van der Waals surface area (Å²) in [5.74, 6) is 6.43. The summed E-state index contributed by atoms with van der Waals surface area (Å²) in [7, 11) is 1.64. The molecule has 5 heteroatoms. The Morgan fingerprint density at radius 2 is 2.17 bits per heavy atom. The Bertz CT molecular complexity index is 599. The standard InChI is InChI=1S/C13H16BrN3O/c1-4-8-7(2)16-13-10(18-3)6-5-9(14)11(13)12(8)17-15/h5-6H,4,15H2,1-3H3,(H,16,17). The molecule has 0 aliphatic rings. The molecule has 0 radical (unpaired) electrons. The number of pyridine rings is 1. The van der Waals surface area contributed by atoms with Crippen LogP contribution in [0.3, 0.4) is 0 Å². The Kier molecular flexibility index (Phi) is 3.73. The fourth-order valence-corrected chi connectivity index (χ4v) is 2.74.